The average molecular weight is 400 g/mol. The number of aromatic nitrogens is 1. The summed E-state index contributed by atoms with van der Waals surface area (Å²) in [4.78, 5) is 24.6. The van der Waals surface area contributed by atoms with Gasteiger partial charge in [0.1, 0.15) is 0 Å². The van der Waals surface area contributed by atoms with Crippen molar-refractivity contribution in [2.45, 2.75) is 26.1 Å². The van der Waals surface area contributed by atoms with E-state index in [0.29, 0.717) is 11.3 Å². The molecule has 0 aliphatic heterocycles. The minimum absolute atomic E-state index is 0.0588. The van der Waals surface area contributed by atoms with E-state index >= 15 is 0 Å². The highest BCUT2D eigenvalue weighted by atomic mass is 19.4. The van der Waals surface area contributed by atoms with Gasteiger partial charge in [-0.3, -0.25) is 9.59 Å². The number of amides is 1. The zero-order valence-electron chi connectivity index (χ0n) is 15.7. The molecule has 0 aliphatic rings. The van der Waals surface area contributed by atoms with Crippen molar-refractivity contribution in [2.24, 2.45) is 0 Å². The molecule has 0 atom stereocenters. The number of rotatable bonds is 5. The summed E-state index contributed by atoms with van der Waals surface area (Å²) < 4.78 is 39.3. The van der Waals surface area contributed by atoms with Crippen molar-refractivity contribution in [1.82, 2.24) is 4.57 Å². The molecule has 0 aliphatic carbocycles. The standard InChI is InChI=1S/C22H19F3N2O2/c1-2-15-5-10-19(11-6-15)26-21(29)17-7-12-20(28)27(14-17)13-16-3-8-18(9-4-16)22(23,24)25/h3-12,14H,2,13H2,1H3,(H,26,29). The molecule has 3 rings (SSSR count). The van der Waals surface area contributed by atoms with Gasteiger partial charge in [0.15, 0.2) is 0 Å². The van der Waals surface area contributed by atoms with Gasteiger partial charge in [0.2, 0.25) is 0 Å². The van der Waals surface area contributed by atoms with Crippen LogP contribution in [-0.2, 0) is 19.1 Å². The summed E-state index contributed by atoms with van der Waals surface area (Å²) in [5.74, 6) is -0.379. The van der Waals surface area contributed by atoms with Crippen molar-refractivity contribution >= 4 is 11.6 Å². The van der Waals surface area contributed by atoms with Crippen LogP contribution in [0.15, 0.2) is 71.7 Å². The Morgan fingerprint density at radius 2 is 1.55 bits per heavy atom. The van der Waals surface area contributed by atoms with Gasteiger partial charge >= 0.3 is 6.18 Å². The number of benzene rings is 2. The van der Waals surface area contributed by atoms with Crippen molar-refractivity contribution < 1.29 is 18.0 Å². The molecule has 0 saturated heterocycles. The number of carbonyl (C=O) groups is 1. The number of alkyl halides is 3. The van der Waals surface area contributed by atoms with Gasteiger partial charge in [-0.1, -0.05) is 31.2 Å². The second-order valence-corrected chi connectivity index (χ2v) is 6.58. The Morgan fingerprint density at radius 3 is 2.14 bits per heavy atom. The zero-order valence-corrected chi connectivity index (χ0v) is 15.7. The first-order valence-corrected chi connectivity index (χ1v) is 9.03. The molecule has 0 bridgehead atoms. The van der Waals surface area contributed by atoms with Crippen LogP contribution < -0.4 is 10.9 Å². The summed E-state index contributed by atoms with van der Waals surface area (Å²) in [6.07, 6.45) is -2.12. The van der Waals surface area contributed by atoms with Crippen LogP contribution in [-0.4, -0.2) is 10.5 Å². The van der Waals surface area contributed by atoms with E-state index in [9.17, 15) is 22.8 Å². The minimum Gasteiger partial charge on any atom is -0.322 e. The van der Waals surface area contributed by atoms with E-state index in [-0.39, 0.29) is 23.6 Å². The molecule has 1 N–H and O–H groups in total. The fourth-order valence-corrected chi connectivity index (χ4v) is 2.81. The van der Waals surface area contributed by atoms with E-state index in [1.807, 2.05) is 19.1 Å². The van der Waals surface area contributed by atoms with Crippen molar-refractivity contribution in [1.29, 1.82) is 0 Å². The van der Waals surface area contributed by atoms with Crippen LogP contribution in [0.25, 0.3) is 0 Å². The monoisotopic (exact) mass is 400 g/mol. The second kappa shape index (κ2) is 8.34. The van der Waals surface area contributed by atoms with Crippen LogP contribution in [0.5, 0.6) is 0 Å². The summed E-state index contributed by atoms with van der Waals surface area (Å²) >= 11 is 0. The van der Waals surface area contributed by atoms with Crippen molar-refractivity contribution in [3.8, 4) is 0 Å². The van der Waals surface area contributed by atoms with Gasteiger partial charge in [-0.2, -0.15) is 13.2 Å². The van der Waals surface area contributed by atoms with Gasteiger partial charge < -0.3 is 9.88 Å². The summed E-state index contributed by atoms with van der Waals surface area (Å²) in [7, 11) is 0. The van der Waals surface area contributed by atoms with E-state index in [1.54, 1.807) is 12.1 Å². The second-order valence-electron chi connectivity index (χ2n) is 6.58. The first-order valence-electron chi connectivity index (χ1n) is 9.03. The molecular formula is C22H19F3N2O2. The van der Waals surface area contributed by atoms with Crippen molar-refractivity contribution in [3.63, 3.8) is 0 Å². The zero-order chi connectivity index (χ0) is 21.0. The van der Waals surface area contributed by atoms with Crippen LogP contribution in [0.3, 0.4) is 0 Å². The maximum Gasteiger partial charge on any atom is 0.416 e. The molecule has 0 unspecified atom stereocenters. The summed E-state index contributed by atoms with van der Waals surface area (Å²) in [5, 5.41) is 2.76. The van der Waals surface area contributed by atoms with Gasteiger partial charge in [0.05, 0.1) is 17.7 Å². The van der Waals surface area contributed by atoms with E-state index < -0.39 is 11.7 Å². The van der Waals surface area contributed by atoms with E-state index in [4.69, 9.17) is 0 Å². The van der Waals surface area contributed by atoms with Gasteiger partial charge in [-0.15, -0.1) is 0 Å². The number of hydrogen-bond donors (Lipinski definition) is 1. The number of nitrogens with one attached hydrogen (secondary N) is 1. The van der Waals surface area contributed by atoms with E-state index in [0.717, 1.165) is 24.1 Å². The predicted octanol–water partition coefficient (Wildman–Crippen LogP) is 4.73. The summed E-state index contributed by atoms with van der Waals surface area (Å²) in [5.41, 5.74) is 1.47. The van der Waals surface area contributed by atoms with Crippen LogP contribution >= 0.6 is 0 Å². The number of aryl methyl sites for hydroxylation is 1. The molecular weight excluding hydrogens is 381 g/mol. The third kappa shape index (κ3) is 5.13. The topological polar surface area (TPSA) is 51.1 Å². The van der Waals surface area contributed by atoms with Crippen LogP contribution in [0.2, 0.25) is 0 Å². The average Bonchev–Trinajstić information content (AvgIpc) is 2.70. The quantitative estimate of drug-likeness (QED) is 0.673. The molecule has 4 nitrogen and oxygen atoms in total. The first-order chi connectivity index (χ1) is 13.8. The van der Waals surface area contributed by atoms with Gasteiger partial charge in [0, 0.05) is 18.0 Å². The molecule has 3 aromatic rings. The van der Waals surface area contributed by atoms with Crippen molar-refractivity contribution in [2.75, 3.05) is 5.32 Å². The fourth-order valence-electron chi connectivity index (χ4n) is 2.81. The predicted molar refractivity (Wildman–Crippen MR) is 105 cm³/mol. The van der Waals surface area contributed by atoms with Gasteiger partial charge in [-0.05, 0) is 47.9 Å². The molecule has 0 spiro atoms. The Balaban J connectivity index is 1.76. The molecule has 1 aromatic heterocycles. The Bertz CT molecular complexity index is 1050. The maximum absolute atomic E-state index is 12.7. The van der Waals surface area contributed by atoms with E-state index in [1.165, 1.54) is 35.0 Å². The van der Waals surface area contributed by atoms with Crippen LogP contribution in [0, 0.1) is 0 Å². The number of hydrogen-bond acceptors (Lipinski definition) is 2. The molecule has 0 radical (unpaired) electrons. The van der Waals surface area contributed by atoms with Crippen LogP contribution in [0.1, 0.15) is 34.0 Å². The van der Waals surface area contributed by atoms with Gasteiger partial charge in [-0.25, -0.2) is 0 Å². The number of carbonyl (C=O) groups excluding carboxylic acids is 1. The highest BCUT2D eigenvalue weighted by Gasteiger charge is 2.29. The normalized spacial score (nSPS) is 11.3. The Labute approximate surface area is 165 Å². The highest BCUT2D eigenvalue weighted by molar-refractivity contribution is 6.04. The number of nitrogens with zero attached hydrogens (tertiary/aromatic N) is 1. The van der Waals surface area contributed by atoms with Crippen LogP contribution in [0.4, 0.5) is 18.9 Å². The SMILES string of the molecule is CCc1ccc(NC(=O)c2ccc(=O)n(Cc3ccc(C(F)(F)F)cc3)c2)cc1. The number of halogens is 3. The first kappa shape index (κ1) is 20.4. The number of anilines is 1. The lowest BCUT2D eigenvalue weighted by molar-refractivity contribution is -0.137. The Hall–Kier alpha value is -3.35. The molecule has 150 valence electrons. The third-order valence-corrected chi connectivity index (χ3v) is 4.50. The van der Waals surface area contributed by atoms with Gasteiger partial charge in [0.25, 0.3) is 11.5 Å². The maximum atomic E-state index is 12.7. The Morgan fingerprint density at radius 1 is 0.931 bits per heavy atom. The third-order valence-electron chi connectivity index (χ3n) is 4.50. The molecule has 1 heterocycles. The smallest absolute Gasteiger partial charge is 0.322 e. The molecule has 2 aromatic carbocycles. The van der Waals surface area contributed by atoms with E-state index in [2.05, 4.69) is 5.32 Å². The lowest BCUT2D eigenvalue weighted by atomic mass is 10.1. The molecule has 0 fully saturated rings. The highest BCUT2D eigenvalue weighted by Crippen LogP contribution is 2.29. The van der Waals surface area contributed by atoms with Crippen molar-refractivity contribution in [3.05, 3.63) is 99.5 Å². The fraction of sp³-hybridized carbons (Fsp3) is 0.182. The molecule has 0 saturated carbocycles. The lowest BCUT2D eigenvalue weighted by Crippen LogP contribution is -2.22. The minimum atomic E-state index is -4.41. The summed E-state index contributed by atoms with van der Waals surface area (Å²) in [6.45, 7) is 2.09. The largest absolute Gasteiger partial charge is 0.416 e. The summed E-state index contributed by atoms with van der Waals surface area (Å²) in [6, 6.07) is 14.7. The molecule has 1 amide bonds. The lowest BCUT2D eigenvalue weighted by Gasteiger charge is -2.11. The molecule has 29 heavy (non-hydrogen) atoms. The molecule has 7 heteroatoms. The number of pyridine rings is 1. The Kier molecular flexibility index (Phi) is 5.87.